The van der Waals surface area contributed by atoms with Gasteiger partial charge in [0.05, 0.1) is 11.4 Å². The van der Waals surface area contributed by atoms with Gasteiger partial charge in [0.15, 0.2) is 0 Å². The van der Waals surface area contributed by atoms with Gasteiger partial charge in [-0.2, -0.15) is 8.42 Å². The number of aliphatic hydroxyl groups excluding tert-OH is 1. The number of hydrogen-bond donors (Lipinski definition) is 2. The molecule has 0 fully saturated rings. The standard InChI is InChI=1S/C24H50O4S/c1-3-20-24(25)22-19-17-15-13-11-9-7-5-4-6-8-10-12-14-16-18-21-23(2)29(26,27)28/h23-25H,3-22H2,1-2H3,(H,26,27,28). The highest BCUT2D eigenvalue weighted by Crippen LogP contribution is 2.16. The second kappa shape index (κ2) is 19.8. The Bertz CT molecular complexity index is 436. The second-order valence-corrected chi connectivity index (χ2v) is 10.8. The third-order valence-electron chi connectivity index (χ3n) is 6.03. The van der Waals surface area contributed by atoms with Gasteiger partial charge in [0, 0.05) is 0 Å². The minimum absolute atomic E-state index is 0.0678. The molecular formula is C24H50O4S. The van der Waals surface area contributed by atoms with E-state index in [4.69, 9.17) is 4.55 Å². The van der Waals surface area contributed by atoms with Crippen molar-refractivity contribution in [1.29, 1.82) is 0 Å². The third kappa shape index (κ3) is 20.9. The normalized spacial score (nSPS) is 14.2. The highest BCUT2D eigenvalue weighted by molar-refractivity contribution is 7.86. The molecule has 0 aromatic heterocycles. The summed E-state index contributed by atoms with van der Waals surface area (Å²) in [4.78, 5) is 0. The SMILES string of the molecule is CCCC(O)CCCCCCCCCCCCCCCCCCC(C)S(=O)(=O)O. The van der Waals surface area contributed by atoms with Gasteiger partial charge in [-0.05, 0) is 26.2 Å². The van der Waals surface area contributed by atoms with Crippen LogP contribution in [-0.2, 0) is 10.1 Å². The number of aliphatic hydroxyl groups is 1. The lowest BCUT2D eigenvalue weighted by atomic mass is 10.0. The molecule has 0 aliphatic heterocycles. The summed E-state index contributed by atoms with van der Waals surface area (Å²) in [7, 11) is -3.84. The van der Waals surface area contributed by atoms with Crippen molar-refractivity contribution in [3.8, 4) is 0 Å². The Labute approximate surface area is 182 Å². The van der Waals surface area contributed by atoms with Gasteiger partial charge in [0.25, 0.3) is 10.1 Å². The molecule has 0 saturated heterocycles. The molecule has 0 radical (unpaired) electrons. The van der Waals surface area contributed by atoms with Gasteiger partial charge < -0.3 is 5.11 Å². The van der Waals surface area contributed by atoms with Crippen molar-refractivity contribution in [3.05, 3.63) is 0 Å². The van der Waals surface area contributed by atoms with Crippen LogP contribution in [0.25, 0.3) is 0 Å². The van der Waals surface area contributed by atoms with Gasteiger partial charge in [-0.15, -0.1) is 0 Å². The maximum atomic E-state index is 10.9. The van der Waals surface area contributed by atoms with Crippen molar-refractivity contribution in [2.45, 2.75) is 154 Å². The van der Waals surface area contributed by atoms with Gasteiger partial charge in [0.1, 0.15) is 0 Å². The predicted octanol–water partition coefficient (Wildman–Crippen LogP) is 7.45. The number of hydrogen-bond acceptors (Lipinski definition) is 3. The van der Waals surface area contributed by atoms with Gasteiger partial charge in [0.2, 0.25) is 0 Å². The van der Waals surface area contributed by atoms with Crippen molar-refractivity contribution >= 4 is 10.1 Å². The Kier molecular flexibility index (Phi) is 19.7. The molecule has 0 saturated carbocycles. The fourth-order valence-electron chi connectivity index (χ4n) is 3.91. The molecule has 2 unspecified atom stereocenters. The molecule has 2 N–H and O–H groups in total. The molecule has 0 heterocycles. The summed E-state index contributed by atoms with van der Waals surface area (Å²) in [6, 6.07) is 0. The molecule has 29 heavy (non-hydrogen) atoms. The topological polar surface area (TPSA) is 74.6 Å². The Hall–Kier alpha value is -0.130. The van der Waals surface area contributed by atoms with Gasteiger partial charge >= 0.3 is 0 Å². The Morgan fingerprint density at radius 2 is 0.897 bits per heavy atom. The summed E-state index contributed by atoms with van der Waals surface area (Å²) in [5.74, 6) is 0. The minimum Gasteiger partial charge on any atom is -0.393 e. The Morgan fingerprint density at radius 1 is 0.586 bits per heavy atom. The molecule has 0 amide bonds. The van der Waals surface area contributed by atoms with E-state index in [2.05, 4.69) is 6.92 Å². The van der Waals surface area contributed by atoms with Crippen LogP contribution in [0.1, 0.15) is 142 Å². The van der Waals surface area contributed by atoms with Crippen LogP contribution >= 0.6 is 0 Å². The van der Waals surface area contributed by atoms with Crippen LogP contribution in [0, 0.1) is 0 Å². The number of unbranched alkanes of at least 4 members (excludes halogenated alkanes) is 15. The Balaban J connectivity index is 3.15. The van der Waals surface area contributed by atoms with Crippen molar-refractivity contribution in [1.82, 2.24) is 0 Å². The molecule has 0 aromatic rings. The zero-order valence-electron chi connectivity index (χ0n) is 19.4. The van der Waals surface area contributed by atoms with Crippen molar-refractivity contribution < 1.29 is 18.1 Å². The maximum Gasteiger partial charge on any atom is 0.267 e. The predicted molar refractivity (Wildman–Crippen MR) is 125 cm³/mol. The van der Waals surface area contributed by atoms with Crippen molar-refractivity contribution in [3.63, 3.8) is 0 Å². The van der Waals surface area contributed by atoms with Gasteiger partial charge in [-0.3, -0.25) is 4.55 Å². The molecule has 176 valence electrons. The molecule has 0 aliphatic rings. The van der Waals surface area contributed by atoms with E-state index in [0.29, 0.717) is 6.42 Å². The summed E-state index contributed by atoms with van der Waals surface area (Å²) >= 11 is 0. The molecular weight excluding hydrogens is 384 g/mol. The highest BCUT2D eigenvalue weighted by Gasteiger charge is 2.15. The zero-order valence-corrected chi connectivity index (χ0v) is 20.2. The lowest BCUT2D eigenvalue weighted by Gasteiger charge is -2.08. The fraction of sp³-hybridized carbons (Fsp3) is 1.00. The van der Waals surface area contributed by atoms with E-state index in [-0.39, 0.29) is 6.10 Å². The van der Waals surface area contributed by atoms with E-state index in [9.17, 15) is 13.5 Å². The van der Waals surface area contributed by atoms with E-state index in [1.54, 1.807) is 6.92 Å². The van der Waals surface area contributed by atoms with E-state index in [1.807, 2.05) is 0 Å². The fourth-order valence-corrected chi connectivity index (χ4v) is 4.38. The van der Waals surface area contributed by atoms with Crippen LogP contribution in [0.15, 0.2) is 0 Å². The molecule has 4 nitrogen and oxygen atoms in total. The van der Waals surface area contributed by atoms with E-state index < -0.39 is 15.4 Å². The monoisotopic (exact) mass is 434 g/mol. The highest BCUT2D eigenvalue weighted by atomic mass is 32.2. The van der Waals surface area contributed by atoms with E-state index >= 15 is 0 Å². The first-order chi connectivity index (χ1) is 13.9. The van der Waals surface area contributed by atoms with Crippen LogP contribution < -0.4 is 0 Å². The van der Waals surface area contributed by atoms with Gasteiger partial charge in [-0.1, -0.05) is 116 Å². The maximum absolute atomic E-state index is 10.9. The third-order valence-corrected chi connectivity index (χ3v) is 7.28. The molecule has 0 rings (SSSR count). The van der Waals surface area contributed by atoms with Crippen LogP contribution in [0.3, 0.4) is 0 Å². The minimum atomic E-state index is -3.84. The van der Waals surface area contributed by atoms with Gasteiger partial charge in [-0.25, -0.2) is 0 Å². The molecule has 0 bridgehead atoms. The molecule has 0 spiro atoms. The van der Waals surface area contributed by atoms with Crippen LogP contribution in [-0.4, -0.2) is 29.4 Å². The summed E-state index contributed by atoms with van der Waals surface area (Å²) < 4.78 is 30.8. The van der Waals surface area contributed by atoms with Crippen LogP contribution in [0.4, 0.5) is 0 Å². The zero-order chi connectivity index (χ0) is 21.8. The molecule has 2 atom stereocenters. The molecule has 0 aliphatic carbocycles. The lowest BCUT2D eigenvalue weighted by Crippen LogP contribution is -2.16. The first kappa shape index (κ1) is 28.9. The van der Waals surface area contributed by atoms with E-state index in [1.165, 1.54) is 89.9 Å². The summed E-state index contributed by atoms with van der Waals surface area (Å²) in [5.41, 5.74) is 0. The lowest BCUT2D eigenvalue weighted by molar-refractivity contribution is 0.150. The summed E-state index contributed by atoms with van der Waals surface area (Å²) in [6.45, 7) is 3.71. The largest absolute Gasteiger partial charge is 0.393 e. The van der Waals surface area contributed by atoms with Crippen LogP contribution in [0.2, 0.25) is 0 Å². The first-order valence-electron chi connectivity index (χ1n) is 12.5. The van der Waals surface area contributed by atoms with Crippen LogP contribution in [0.5, 0.6) is 0 Å². The summed E-state index contributed by atoms with van der Waals surface area (Å²) in [5, 5.41) is 9.07. The quantitative estimate of drug-likeness (QED) is 0.137. The second-order valence-electron chi connectivity index (χ2n) is 9.00. The molecule has 0 aromatic carbocycles. The Morgan fingerprint density at radius 3 is 1.21 bits per heavy atom. The smallest absolute Gasteiger partial charge is 0.267 e. The first-order valence-corrected chi connectivity index (χ1v) is 14.0. The van der Waals surface area contributed by atoms with E-state index in [0.717, 1.165) is 32.1 Å². The summed E-state index contributed by atoms with van der Waals surface area (Å²) in [6.07, 6.45) is 23.9. The molecule has 5 heteroatoms. The average molecular weight is 435 g/mol. The average Bonchev–Trinajstić information content (AvgIpc) is 2.66. The number of rotatable bonds is 22. The van der Waals surface area contributed by atoms with Crippen molar-refractivity contribution in [2.75, 3.05) is 0 Å². The van der Waals surface area contributed by atoms with Crippen molar-refractivity contribution in [2.24, 2.45) is 0 Å².